The van der Waals surface area contributed by atoms with Crippen molar-refractivity contribution in [3.8, 4) is 0 Å². The molecule has 2 saturated heterocycles. The Balaban J connectivity index is 1.57. The van der Waals surface area contributed by atoms with Gasteiger partial charge >= 0.3 is 0 Å². The van der Waals surface area contributed by atoms with Crippen LogP contribution in [0.1, 0.15) is 30.3 Å². The van der Waals surface area contributed by atoms with Gasteiger partial charge in [-0.1, -0.05) is 13.3 Å². The summed E-state index contributed by atoms with van der Waals surface area (Å²) in [5, 5.41) is 4.41. The van der Waals surface area contributed by atoms with Gasteiger partial charge in [0.1, 0.15) is 0 Å². The lowest BCUT2D eigenvalue weighted by molar-refractivity contribution is 0.0434. The summed E-state index contributed by atoms with van der Waals surface area (Å²) in [6.07, 6.45) is 5.92. The molecule has 0 unspecified atom stereocenters. The second-order valence-electron chi connectivity index (χ2n) is 7.08. The average Bonchev–Trinajstić information content (AvgIpc) is 2.84. The molecule has 0 aliphatic carbocycles. The molecule has 2 aliphatic heterocycles. The number of aromatic nitrogens is 3. The highest BCUT2D eigenvalue weighted by Crippen LogP contribution is 2.22. The number of hydrogen-bond acceptors (Lipinski definition) is 5. The number of carbonyl (C=O) groups is 1. The van der Waals surface area contributed by atoms with E-state index in [9.17, 15) is 4.79 Å². The van der Waals surface area contributed by atoms with Gasteiger partial charge in [-0.05, 0) is 19.0 Å². The molecule has 0 spiro atoms. The van der Waals surface area contributed by atoms with Crippen molar-refractivity contribution in [2.24, 2.45) is 5.92 Å². The Morgan fingerprint density at radius 2 is 2.24 bits per heavy atom. The first kappa shape index (κ1) is 16.5. The van der Waals surface area contributed by atoms with E-state index in [4.69, 9.17) is 4.74 Å². The van der Waals surface area contributed by atoms with Crippen molar-refractivity contribution < 1.29 is 9.53 Å². The van der Waals surface area contributed by atoms with Gasteiger partial charge in [0.05, 0.1) is 19.3 Å². The molecular formula is C18H25N5O2. The number of ether oxygens (including phenoxy) is 1. The van der Waals surface area contributed by atoms with Crippen LogP contribution in [-0.4, -0.2) is 75.7 Å². The zero-order valence-electron chi connectivity index (χ0n) is 14.7. The fourth-order valence-electron chi connectivity index (χ4n) is 3.83. The highest BCUT2D eigenvalue weighted by molar-refractivity contribution is 5.93. The Morgan fingerprint density at radius 3 is 3.08 bits per heavy atom. The molecule has 2 aliphatic rings. The van der Waals surface area contributed by atoms with Gasteiger partial charge in [-0.2, -0.15) is 5.10 Å². The van der Waals surface area contributed by atoms with Gasteiger partial charge < -0.3 is 14.5 Å². The second kappa shape index (κ2) is 7.09. The summed E-state index contributed by atoms with van der Waals surface area (Å²) in [6.45, 7) is 7.29. The summed E-state index contributed by atoms with van der Waals surface area (Å²) in [5.74, 6) is 0.354. The fourth-order valence-corrected chi connectivity index (χ4v) is 3.83. The van der Waals surface area contributed by atoms with E-state index in [1.165, 1.54) is 12.8 Å². The van der Waals surface area contributed by atoms with Crippen LogP contribution >= 0.6 is 0 Å². The summed E-state index contributed by atoms with van der Waals surface area (Å²) in [4.78, 5) is 21.9. The molecule has 2 bridgehead atoms. The predicted molar refractivity (Wildman–Crippen MR) is 93.5 cm³/mol. The first-order valence-corrected chi connectivity index (χ1v) is 9.16. The third-order valence-corrected chi connectivity index (χ3v) is 5.09. The SMILES string of the molecule is CCCCN1C[C@@H]2COC[C@H](C1)N(C(=O)c1cc3ncccn3n1)C2. The molecule has 4 heterocycles. The van der Waals surface area contributed by atoms with E-state index in [1.54, 1.807) is 16.8 Å². The molecule has 0 radical (unpaired) electrons. The molecule has 134 valence electrons. The monoisotopic (exact) mass is 343 g/mol. The lowest BCUT2D eigenvalue weighted by Gasteiger charge is -2.30. The number of hydrogen-bond donors (Lipinski definition) is 0. The van der Waals surface area contributed by atoms with Gasteiger partial charge in [0, 0.05) is 44.0 Å². The smallest absolute Gasteiger partial charge is 0.274 e. The van der Waals surface area contributed by atoms with Gasteiger partial charge in [0.25, 0.3) is 5.91 Å². The third kappa shape index (κ3) is 3.39. The molecule has 0 N–H and O–H groups in total. The molecule has 4 rings (SSSR count). The van der Waals surface area contributed by atoms with Crippen molar-refractivity contribution in [1.29, 1.82) is 0 Å². The van der Waals surface area contributed by atoms with Crippen LogP contribution in [0.2, 0.25) is 0 Å². The number of nitrogens with zero attached hydrogens (tertiary/aromatic N) is 5. The summed E-state index contributed by atoms with van der Waals surface area (Å²) in [6, 6.07) is 3.68. The van der Waals surface area contributed by atoms with Crippen molar-refractivity contribution >= 4 is 11.6 Å². The van der Waals surface area contributed by atoms with Crippen LogP contribution in [0.25, 0.3) is 5.65 Å². The molecule has 2 aromatic rings. The number of unbranched alkanes of at least 4 members (excludes halogenated alkanes) is 1. The van der Waals surface area contributed by atoms with Gasteiger partial charge in [-0.15, -0.1) is 0 Å². The lowest BCUT2D eigenvalue weighted by Crippen LogP contribution is -2.46. The Labute approximate surface area is 147 Å². The van der Waals surface area contributed by atoms with E-state index in [1.807, 2.05) is 17.2 Å². The Morgan fingerprint density at radius 1 is 1.32 bits per heavy atom. The van der Waals surface area contributed by atoms with Gasteiger partial charge in [-0.3, -0.25) is 4.79 Å². The van der Waals surface area contributed by atoms with Crippen LogP contribution in [0.5, 0.6) is 0 Å². The van der Waals surface area contributed by atoms with Crippen molar-refractivity contribution in [2.75, 3.05) is 39.4 Å². The van der Waals surface area contributed by atoms with E-state index >= 15 is 0 Å². The Kier molecular flexibility index (Phi) is 4.67. The number of amides is 1. The molecule has 25 heavy (non-hydrogen) atoms. The maximum absolute atomic E-state index is 13.1. The normalized spacial score (nSPS) is 24.4. The quantitative estimate of drug-likeness (QED) is 0.837. The fraction of sp³-hybridized carbons (Fsp3) is 0.611. The third-order valence-electron chi connectivity index (χ3n) is 5.09. The standard InChI is InChI=1S/C18H25N5O2/c1-2-3-6-21-9-14-10-22(15(11-21)13-25-12-14)18(24)16-8-17-19-5-4-7-23(17)20-16/h4-5,7-8,14-15H,2-3,6,9-13H2,1H3/t14-,15-/m0/s1. The summed E-state index contributed by atoms with van der Waals surface area (Å²) in [5.41, 5.74) is 1.16. The second-order valence-corrected chi connectivity index (χ2v) is 7.08. The van der Waals surface area contributed by atoms with Crippen LogP contribution in [0.3, 0.4) is 0 Å². The minimum atomic E-state index is -0.0108. The minimum absolute atomic E-state index is 0.0108. The zero-order valence-corrected chi connectivity index (χ0v) is 14.7. The van der Waals surface area contributed by atoms with Crippen LogP contribution in [0.15, 0.2) is 24.5 Å². The van der Waals surface area contributed by atoms with Gasteiger partial charge in [0.2, 0.25) is 0 Å². The van der Waals surface area contributed by atoms with Crippen molar-refractivity contribution in [3.63, 3.8) is 0 Å². The van der Waals surface area contributed by atoms with Crippen molar-refractivity contribution in [3.05, 3.63) is 30.2 Å². The summed E-state index contributed by atoms with van der Waals surface area (Å²) in [7, 11) is 0. The molecular weight excluding hydrogens is 318 g/mol. The average molecular weight is 343 g/mol. The lowest BCUT2D eigenvalue weighted by atomic mass is 10.1. The first-order chi connectivity index (χ1) is 12.2. The van der Waals surface area contributed by atoms with E-state index < -0.39 is 0 Å². The highest BCUT2D eigenvalue weighted by atomic mass is 16.5. The molecule has 7 nitrogen and oxygen atoms in total. The maximum Gasteiger partial charge on any atom is 0.274 e. The van der Waals surface area contributed by atoms with E-state index in [0.29, 0.717) is 23.9 Å². The van der Waals surface area contributed by atoms with Crippen molar-refractivity contribution in [1.82, 2.24) is 24.4 Å². The maximum atomic E-state index is 13.1. The molecule has 0 saturated carbocycles. The molecule has 2 atom stereocenters. The van der Waals surface area contributed by atoms with Gasteiger partial charge in [-0.25, -0.2) is 9.50 Å². The summed E-state index contributed by atoms with van der Waals surface area (Å²) < 4.78 is 7.49. The topological polar surface area (TPSA) is 63.0 Å². The van der Waals surface area contributed by atoms with Crippen LogP contribution in [-0.2, 0) is 4.74 Å². The highest BCUT2D eigenvalue weighted by Gasteiger charge is 2.36. The van der Waals surface area contributed by atoms with E-state index in [-0.39, 0.29) is 11.9 Å². The first-order valence-electron chi connectivity index (χ1n) is 9.16. The largest absolute Gasteiger partial charge is 0.379 e. The number of rotatable bonds is 4. The minimum Gasteiger partial charge on any atom is -0.379 e. The van der Waals surface area contributed by atoms with Gasteiger partial charge in [0.15, 0.2) is 11.3 Å². The predicted octanol–water partition coefficient (Wildman–Crippen LogP) is 1.30. The van der Waals surface area contributed by atoms with Crippen LogP contribution in [0.4, 0.5) is 0 Å². The summed E-state index contributed by atoms with van der Waals surface area (Å²) >= 11 is 0. The van der Waals surface area contributed by atoms with Crippen LogP contribution in [0, 0.1) is 5.92 Å². The molecule has 2 fully saturated rings. The molecule has 1 amide bonds. The Bertz CT molecular complexity index is 713. The van der Waals surface area contributed by atoms with Crippen LogP contribution < -0.4 is 0 Å². The number of fused-ring (bicyclic) bond motifs is 4. The molecule has 0 aromatic carbocycles. The molecule has 7 heteroatoms. The zero-order chi connectivity index (χ0) is 17.2. The van der Waals surface area contributed by atoms with E-state index in [2.05, 4.69) is 21.9 Å². The van der Waals surface area contributed by atoms with Crippen molar-refractivity contribution in [2.45, 2.75) is 25.8 Å². The number of carbonyl (C=O) groups excluding carboxylic acids is 1. The van der Waals surface area contributed by atoms with E-state index in [0.717, 1.165) is 32.8 Å². The Hall–Kier alpha value is -1.99. The molecule has 2 aromatic heterocycles.